The van der Waals surface area contributed by atoms with Gasteiger partial charge in [-0.15, -0.1) is 0 Å². The van der Waals surface area contributed by atoms with Crippen LogP contribution >= 0.6 is 12.2 Å². The number of hydrogen-bond acceptors (Lipinski definition) is 4. The van der Waals surface area contributed by atoms with Crippen molar-refractivity contribution in [3.8, 4) is 0 Å². The zero-order valence-electron chi connectivity index (χ0n) is 8.95. The van der Waals surface area contributed by atoms with Gasteiger partial charge in [0, 0.05) is 6.42 Å². The number of aromatic nitrogens is 3. The molecule has 15 heavy (non-hydrogen) atoms. The number of unbranched alkanes of at least 4 members (excludes halogenated alkanes) is 1. The maximum Gasteiger partial charge on any atom is 0.325 e. The zero-order valence-corrected chi connectivity index (χ0v) is 9.76. The van der Waals surface area contributed by atoms with Crippen LogP contribution in [0.3, 0.4) is 0 Å². The molecule has 0 atom stereocenters. The molecule has 5 nitrogen and oxygen atoms in total. The van der Waals surface area contributed by atoms with Crippen molar-refractivity contribution in [1.82, 2.24) is 14.8 Å². The fourth-order valence-electron chi connectivity index (χ4n) is 1.23. The maximum absolute atomic E-state index is 11.1. The summed E-state index contributed by atoms with van der Waals surface area (Å²) in [7, 11) is 1.36. The van der Waals surface area contributed by atoms with E-state index < -0.39 is 0 Å². The molecule has 1 aromatic heterocycles. The minimum absolute atomic E-state index is 0.130. The quantitative estimate of drug-likeness (QED) is 0.613. The van der Waals surface area contributed by atoms with Crippen LogP contribution in [0.15, 0.2) is 0 Å². The Hall–Kier alpha value is -1.17. The highest BCUT2D eigenvalue weighted by molar-refractivity contribution is 7.71. The molecule has 0 radical (unpaired) electrons. The van der Waals surface area contributed by atoms with E-state index in [0.29, 0.717) is 4.77 Å². The lowest BCUT2D eigenvalue weighted by Crippen LogP contribution is -2.14. The first-order valence-electron chi connectivity index (χ1n) is 4.90. The van der Waals surface area contributed by atoms with Crippen molar-refractivity contribution in [2.24, 2.45) is 0 Å². The molecule has 0 spiro atoms. The lowest BCUT2D eigenvalue weighted by molar-refractivity contribution is -0.141. The van der Waals surface area contributed by atoms with E-state index in [1.54, 1.807) is 4.57 Å². The molecule has 84 valence electrons. The Bertz CT molecular complexity index is 383. The van der Waals surface area contributed by atoms with E-state index in [9.17, 15) is 4.79 Å². The monoisotopic (exact) mass is 229 g/mol. The summed E-state index contributed by atoms with van der Waals surface area (Å²) in [6, 6.07) is 0. The molecule has 0 saturated heterocycles. The Morgan fingerprint density at radius 1 is 1.67 bits per heavy atom. The molecule has 0 aliphatic rings. The molecule has 0 aliphatic heterocycles. The second-order valence-electron chi connectivity index (χ2n) is 3.21. The molecule has 1 heterocycles. The highest BCUT2D eigenvalue weighted by Gasteiger charge is 2.09. The summed E-state index contributed by atoms with van der Waals surface area (Å²) in [5, 5.41) is 6.76. The first-order valence-corrected chi connectivity index (χ1v) is 5.30. The van der Waals surface area contributed by atoms with Gasteiger partial charge in [-0.1, -0.05) is 13.3 Å². The van der Waals surface area contributed by atoms with Crippen LogP contribution < -0.4 is 0 Å². The largest absolute Gasteiger partial charge is 0.468 e. The summed E-state index contributed by atoms with van der Waals surface area (Å²) in [4.78, 5) is 11.1. The van der Waals surface area contributed by atoms with Gasteiger partial charge in [0.05, 0.1) is 7.11 Å². The predicted molar refractivity (Wildman–Crippen MR) is 58.0 cm³/mol. The van der Waals surface area contributed by atoms with E-state index >= 15 is 0 Å². The molecule has 0 fully saturated rings. The first-order chi connectivity index (χ1) is 7.19. The summed E-state index contributed by atoms with van der Waals surface area (Å²) in [5.74, 6) is 0.498. The third kappa shape index (κ3) is 3.16. The van der Waals surface area contributed by atoms with Crippen LogP contribution in [-0.2, 0) is 22.5 Å². The minimum atomic E-state index is -0.315. The zero-order chi connectivity index (χ0) is 11.3. The number of carbonyl (C=O) groups is 1. The number of aryl methyl sites for hydroxylation is 1. The number of ether oxygens (including phenoxy) is 1. The molecule has 0 bridgehead atoms. The van der Waals surface area contributed by atoms with Gasteiger partial charge >= 0.3 is 5.97 Å². The maximum atomic E-state index is 11.1. The van der Waals surface area contributed by atoms with E-state index in [1.165, 1.54) is 7.11 Å². The van der Waals surface area contributed by atoms with Gasteiger partial charge in [0.15, 0.2) is 4.77 Å². The number of carbonyl (C=O) groups excluding carboxylic acids is 1. The SMILES string of the molecule is CCCCc1n[nH]c(=S)n1CC(=O)OC. The van der Waals surface area contributed by atoms with Crippen molar-refractivity contribution >= 4 is 18.2 Å². The van der Waals surface area contributed by atoms with Gasteiger partial charge in [0.2, 0.25) is 0 Å². The van der Waals surface area contributed by atoms with Gasteiger partial charge in [0.1, 0.15) is 12.4 Å². The molecule has 1 N–H and O–H groups in total. The summed E-state index contributed by atoms with van der Waals surface area (Å²) < 4.78 is 6.73. The van der Waals surface area contributed by atoms with E-state index in [0.717, 1.165) is 25.1 Å². The van der Waals surface area contributed by atoms with E-state index in [-0.39, 0.29) is 12.5 Å². The molecule has 1 aromatic rings. The average Bonchev–Trinajstić information content (AvgIpc) is 2.57. The second-order valence-corrected chi connectivity index (χ2v) is 3.60. The Labute approximate surface area is 93.4 Å². The van der Waals surface area contributed by atoms with E-state index in [1.807, 2.05) is 0 Å². The van der Waals surface area contributed by atoms with Crippen LogP contribution in [0.1, 0.15) is 25.6 Å². The van der Waals surface area contributed by atoms with Crippen molar-refractivity contribution in [2.75, 3.05) is 7.11 Å². The average molecular weight is 229 g/mol. The van der Waals surface area contributed by atoms with Crippen LogP contribution in [0.25, 0.3) is 0 Å². The minimum Gasteiger partial charge on any atom is -0.468 e. The van der Waals surface area contributed by atoms with Crippen molar-refractivity contribution in [2.45, 2.75) is 32.7 Å². The number of esters is 1. The summed E-state index contributed by atoms with van der Waals surface area (Å²) in [5.41, 5.74) is 0. The van der Waals surface area contributed by atoms with Crippen molar-refractivity contribution in [3.05, 3.63) is 10.6 Å². The Morgan fingerprint density at radius 2 is 2.40 bits per heavy atom. The summed E-state index contributed by atoms with van der Waals surface area (Å²) in [6.07, 6.45) is 2.93. The molecule has 0 saturated carbocycles. The van der Waals surface area contributed by atoms with Gasteiger partial charge in [-0.2, -0.15) is 5.10 Å². The fraction of sp³-hybridized carbons (Fsp3) is 0.667. The molecule has 0 aromatic carbocycles. The Kier molecular flexibility index (Phi) is 4.48. The van der Waals surface area contributed by atoms with Crippen molar-refractivity contribution < 1.29 is 9.53 Å². The number of rotatable bonds is 5. The van der Waals surface area contributed by atoms with Crippen LogP contribution in [0.2, 0.25) is 0 Å². The normalized spacial score (nSPS) is 10.3. The summed E-state index contributed by atoms with van der Waals surface area (Å²) >= 11 is 5.03. The van der Waals surface area contributed by atoms with Gasteiger partial charge in [-0.25, -0.2) is 0 Å². The predicted octanol–water partition coefficient (Wildman–Crippen LogP) is 1.46. The lowest BCUT2D eigenvalue weighted by atomic mass is 10.2. The van der Waals surface area contributed by atoms with Crippen LogP contribution in [0.5, 0.6) is 0 Å². The van der Waals surface area contributed by atoms with E-state index in [2.05, 4.69) is 21.9 Å². The number of aromatic amines is 1. The van der Waals surface area contributed by atoms with Gasteiger partial charge in [-0.3, -0.25) is 14.5 Å². The second kappa shape index (κ2) is 5.65. The Morgan fingerprint density at radius 3 is 3.00 bits per heavy atom. The fourth-order valence-corrected chi connectivity index (χ4v) is 1.45. The van der Waals surface area contributed by atoms with Crippen LogP contribution in [-0.4, -0.2) is 27.8 Å². The topological polar surface area (TPSA) is 59.9 Å². The first kappa shape index (κ1) is 11.9. The van der Waals surface area contributed by atoms with Crippen LogP contribution in [0, 0.1) is 4.77 Å². The molecule has 0 amide bonds. The molecular weight excluding hydrogens is 214 g/mol. The lowest BCUT2D eigenvalue weighted by Gasteiger charge is -2.04. The highest BCUT2D eigenvalue weighted by Crippen LogP contribution is 2.03. The molecular formula is C9H15N3O2S. The number of hydrogen-bond donors (Lipinski definition) is 1. The smallest absolute Gasteiger partial charge is 0.325 e. The summed E-state index contributed by atoms with van der Waals surface area (Å²) in [6.45, 7) is 2.23. The number of nitrogens with one attached hydrogen (secondary N) is 1. The third-order valence-corrected chi connectivity index (χ3v) is 2.42. The number of methoxy groups -OCH3 is 1. The number of nitrogens with zero attached hydrogens (tertiary/aromatic N) is 2. The van der Waals surface area contributed by atoms with Gasteiger partial charge in [0.25, 0.3) is 0 Å². The van der Waals surface area contributed by atoms with Crippen molar-refractivity contribution in [3.63, 3.8) is 0 Å². The highest BCUT2D eigenvalue weighted by atomic mass is 32.1. The molecule has 0 aliphatic carbocycles. The standard InChI is InChI=1S/C9H15N3O2S/c1-3-4-5-7-10-11-9(15)12(7)6-8(13)14-2/h3-6H2,1-2H3,(H,11,15). The van der Waals surface area contributed by atoms with Gasteiger partial charge < -0.3 is 4.74 Å². The third-order valence-electron chi connectivity index (χ3n) is 2.11. The molecule has 0 unspecified atom stereocenters. The number of H-pyrrole nitrogens is 1. The van der Waals surface area contributed by atoms with Crippen molar-refractivity contribution in [1.29, 1.82) is 0 Å². The molecule has 6 heteroatoms. The molecule has 1 rings (SSSR count). The van der Waals surface area contributed by atoms with Gasteiger partial charge in [-0.05, 0) is 18.6 Å². The van der Waals surface area contributed by atoms with Crippen LogP contribution in [0.4, 0.5) is 0 Å². The Balaban J connectivity index is 2.79. The van der Waals surface area contributed by atoms with E-state index in [4.69, 9.17) is 12.2 Å².